The zero-order valence-corrected chi connectivity index (χ0v) is 13.4. The summed E-state index contributed by atoms with van der Waals surface area (Å²) in [5.74, 6) is -0.111. The highest BCUT2D eigenvalue weighted by molar-refractivity contribution is 6.34. The van der Waals surface area contributed by atoms with Crippen LogP contribution in [0, 0.1) is 0 Å². The van der Waals surface area contributed by atoms with Crippen LogP contribution < -0.4 is 10.2 Å². The molecule has 0 bridgehead atoms. The van der Waals surface area contributed by atoms with Gasteiger partial charge in [-0.15, -0.1) is 0 Å². The molecule has 0 saturated carbocycles. The van der Waals surface area contributed by atoms with Crippen molar-refractivity contribution in [1.29, 1.82) is 0 Å². The second-order valence-electron chi connectivity index (χ2n) is 4.76. The number of nitrogens with one attached hydrogen (secondary N) is 1. The van der Waals surface area contributed by atoms with Crippen LogP contribution in [0.1, 0.15) is 11.7 Å². The van der Waals surface area contributed by atoms with Crippen LogP contribution in [0.25, 0.3) is 0 Å². The van der Waals surface area contributed by atoms with Crippen molar-refractivity contribution in [3.63, 3.8) is 0 Å². The van der Waals surface area contributed by atoms with Gasteiger partial charge in [0.05, 0.1) is 18.1 Å². The molecule has 1 heterocycles. The summed E-state index contributed by atoms with van der Waals surface area (Å²) >= 11 is 11.7. The van der Waals surface area contributed by atoms with Crippen LogP contribution in [0.2, 0.25) is 10.0 Å². The minimum atomic E-state index is -1.40. The van der Waals surface area contributed by atoms with E-state index >= 15 is 0 Å². The molecule has 2 rings (SSSR count). The second-order valence-corrected chi connectivity index (χ2v) is 5.63. The predicted octanol–water partition coefficient (Wildman–Crippen LogP) is 2.52. The Hall–Kier alpha value is -1.89. The highest BCUT2D eigenvalue weighted by Crippen LogP contribution is 2.24. The Morgan fingerprint density at radius 2 is 1.73 bits per heavy atom. The first kappa shape index (κ1) is 16.5. The lowest BCUT2D eigenvalue weighted by Crippen LogP contribution is -2.21. The van der Waals surface area contributed by atoms with Gasteiger partial charge in [0.25, 0.3) is 5.91 Å². The van der Waals surface area contributed by atoms with E-state index in [-0.39, 0.29) is 0 Å². The predicted molar refractivity (Wildman–Crippen MR) is 86.4 cm³/mol. The largest absolute Gasteiger partial charge is 0.378 e. The number of rotatable bonds is 4. The van der Waals surface area contributed by atoms with Gasteiger partial charge in [-0.05, 0) is 23.8 Å². The van der Waals surface area contributed by atoms with Crippen LogP contribution in [0.4, 0.5) is 11.6 Å². The summed E-state index contributed by atoms with van der Waals surface area (Å²) < 4.78 is 0. The number of benzene rings is 1. The highest BCUT2D eigenvalue weighted by atomic mass is 35.5. The van der Waals surface area contributed by atoms with E-state index in [1.807, 2.05) is 0 Å². The fourth-order valence-corrected chi connectivity index (χ4v) is 2.25. The molecule has 2 N–H and O–H groups in total. The van der Waals surface area contributed by atoms with Gasteiger partial charge in [-0.1, -0.05) is 23.2 Å². The van der Waals surface area contributed by atoms with Crippen molar-refractivity contribution in [2.75, 3.05) is 24.3 Å². The first-order chi connectivity index (χ1) is 10.4. The van der Waals surface area contributed by atoms with E-state index < -0.39 is 12.0 Å². The molecule has 2 aromatic rings. The molecule has 1 unspecified atom stereocenters. The number of hydrogen-bond donors (Lipinski definition) is 2. The number of hydrogen-bond acceptors (Lipinski definition) is 5. The number of aliphatic hydroxyl groups excluding tert-OH is 1. The molecule has 1 amide bonds. The number of carbonyl (C=O) groups is 1. The summed E-state index contributed by atoms with van der Waals surface area (Å²) in [6, 6.07) is 4.47. The Bertz CT molecular complexity index is 657. The minimum absolute atomic E-state index is 0.306. The smallest absolute Gasteiger partial charge is 0.257 e. The van der Waals surface area contributed by atoms with E-state index in [9.17, 15) is 9.90 Å². The van der Waals surface area contributed by atoms with Gasteiger partial charge in [0, 0.05) is 24.1 Å². The average molecular weight is 341 g/mol. The maximum absolute atomic E-state index is 12.0. The van der Waals surface area contributed by atoms with E-state index in [1.54, 1.807) is 19.0 Å². The van der Waals surface area contributed by atoms with Crippen molar-refractivity contribution in [3.05, 3.63) is 46.2 Å². The van der Waals surface area contributed by atoms with E-state index in [1.165, 1.54) is 30.6 Å². The van der Waals surface area contributed by atoms with Crippen LogP contribution in [-0.2, 0) is 4.79 Å². The quantitative estimate of drug-likeness (QED) is 0.894. The van der Waals surface area contributed by atoms with Gasteiger partial charge in [-0.3, -0.25) is 4.79 Å². The van der Waals surface area contributed by atoms with Gasteiger partial charge in [0.1, 0.15) is 0 Å². The Labute approximate surface area is 137 Å². The number of anilines is 2. The van der Waals surface area contributed by atoms with Crippen LogP contribution in [0.15, 0.2) is 30.6 Å². The topological polar surface area (TPSA) is 78.4 Å². The Morgan fingerprint density at radius 3 is 2.23 bits per heavy atom. The minimum Gasteiger partial charge on any atom is -0.378 e. The van der Waals surface area contributed by atoms with Crippen molar-refractivity contribution in [1.82, 2.24) is 9.97 Å². The van der Waals surface area contributed by atoms with Crippen LogP contribution in [0.5, 0.6) is 0 Å². The molecule has 1 atom stereocenters. The lowest BCUT2D eigenvalue weighted by molar-refractivity contribution is -0.124. The summed E-state index contributed by atoms with van der Waals surface area (Å²) in [6.07, 6.45) is 1.51. The molecular weight excluding hydrogens is 327 g/mol. The molecule has 0 fully saturated rings. The molecular formula is C14H14Cl2N4O2. The lowest BCUT2D eigenvalue weighted by atomic mass is 10.1. The maximum atomic E-state index is 12.0. The standard InChI is InChI=1S/C14H14Cl2N4O2/c1-20(2)14-17-6-11(7-18-14)19-13(22)12(21)8-3-9(15)5-10(16)4-8/h3-7,12,21H,1-2H3,(H,19,22). The molecule has 1 aromatic carbocycles. The highest BCUT2D eigenvalue weighted by Gasteiger charge is 2.19. The number of carbonyl (C=O) groups excluding carboxylic acids is 1. The summed E-state index contributed by atoms with van der Waals surface area (Å²) in [5.41, 5.74) is 0.684. The number of nitrogens with zero attached hydrogens (tertiary/aromatic N) is 3. The van der Waals surface area contributed by atoms with Crippen LogP contribution in [0.3, 0.4) is 0 Å². The first-order valence-electron chi connectivity index (χ1n) is 6.31. The summed E-state index contributed by atoms with van der Waals surface area (Å²) in [6.45, 7) is 0. The monoisotopic (exact) mass is 340 g/mol. The summed E-state index contributed by atoms with van der Waals surface area (Å²) in [7, 11) is 3.61. The van der Waals surface area contributed by atoms with Gasteiger partial charge in [-0.2, -0.15) is 0 Å². The van der Waals surface area contributed by atoms with Crippen molar-refractivity contribution in [3.8, 4) is 0 Å². The third kappa shape index (κ3) is 4.07. The zero-order chi connectivity index (χ0) is 16.3. The number of aliphatic hydroxyl groups is 1. The van der Waals surface area contributed by atoms with Gasteiger partial charge < -0.3 is 15.3 Å². The van der Waals surface area contributed by atoms with E-state index in [0.29, 0.717) is 27.2 Å². The maximum Gasteiger partial charge on any atom is 0.257 e. The molecule has 0 aliphatic heterocycles. The van der Waals surface area contributed by atoms with E-state index in [2.05, 4.69) is 15.3 Å². The van der Waals surface area contributed by atoms with Crippen molar-refractivity contribution < 1.29 is 9.90 Å². The molecule has 8 heteroatoms. The van der Waals surface area contributed by atoms with Gasteiger partial charge >= 0.3 is 0 Å². The molecule has 116 valence electrons. The molecule has 0 spiro atoms. The van der Waals surface area contributed by atoms with Crippen molar-refractivity contribution in [2.45, 2.75) is 6.10 Å². The van der Waals surface area contributed by atoms with Gasteiger partial charge in [-0.25, -0.2) is 9.97 Å². The molecule has 22 heavy (non-hydrogen) atoms. The number of amides is 1. The zero-order valence-electron chi connectivity index (χ0n) is 11.9. The van der Waals surface area contributed by atoms with E-state index in [0.717, 1.165) is 0 Å². The number of aromatic nitrogens is 2. The molecule has 0 aliphatic carbocycles. The van der Waals surface area contributed by atoms with Gasteiger partial charge in [0.2, 0.25) is 5.95 Å². The lowest BCUT2D eigenvalue weighted by Gasteiger charge is -2.13. The molecule has 1 aromatic heterocycles. The Kier molecular flexibility index (Phi) is 5.18. The normalized spacial score (nSPS) is 11.9. The van der Waals surface area contributed by atoms with Crippen molar-refractivity contribution >= 4 is 40.7 Å². The summed E-state index contributed by atoms with van der Waals surface area (Å²) in [5, 5.41) is 13.3. The first-order valence-corrected chi connectivity index (χ1v) is 7.06. The SMILES string of the molecule is CN(C)c1ncc(NC(=O)C(O)c2cc(Cl)cc(Cl)c2)cn1. The van der Waals surface area contributed by atoms with Crippen LogP contribution in [-0.4, -0.2) is 35.1 Å². The molecule has 0 radical (unpaired) electrons. The fourth-order valence-electron chi connectivity index (χ4n) is 1.71. The average Bonchev–Trinajstić information content (AvgIpc) is 2.46. The summed E-state index contributed by atoms with van der Waals surface area (Å²) in [4.78, 5) is 21.9. The molecule has 6 nitrogen and oxygen atoms in total. The molecule has 0 saturated heterocycles. The second kappa shape index (κ2) is 6.91. The van der Waals surface area contributed by atoms with Crippen LogP contribution >= 0.6 is 23.2 Å². The van der Waals surface area contributed by atoms with Crippen molar-refractivity contribution in [2.24, 2.45) is 0 Å². The number of halogens is 2. The molecule has 0 aliphatic rings. The fraction of sp³-hybridized carbons (Fsp3) is 0.214. The third-order valence-corrected chi connectivity index (χ3v) is 3.19. The van der Waals surface area contributed by atoms with Gasteiger partial charge in [0.15, 0.2) is 6.10 Å². The Balaban J connectivity index is 2.10. The van der Waals surface area contributed by atoms with E-state index in [4.69, 9.17) is 23.2 Å². The third-order valence-electron chi connectivity index (χ3n) is 2.75. The Morgan fingerprint density at radius 1 is 1.18 bits per heavy atom.